The molecule has 148 valence electrons. The molecular formula is C21H23NO5S. The minimum absolute atomic E-state index is 0.319. The third-order valence-electron chi connectivity index (χ3n) is 4.47. The van der Waals surface area contributed by atoms with Crippen molar-refractivity contribution in [3.8, 4) is 11.5 Å². The second-order valence-electron chi connectivity index (χ2n) is 6.22. The van der Waals surface area contributed by atoms with Crippen LogP contribution in [0.2, 0.25) is 0 Å². The van der Waals surface area contributed by atoms with Gasteiger partial charge in [-0.15, -0.1) is 0 Å². The van der Waals surface area contributed by atoms with Gasteiger partial charge in [-0.05, 0) is 23.8 Å². The van der Waals surface area contributed by atoms with Crippen LogP contribution in [0.1, 0.15) is 17.2 Å². The van der Waals surface area contributed by atoms with Crippen LogP contribution in [0.3, 0.4) is 0 Å². The highest BCUT2D eigenvalue weighted by Gasteiger charge is 2.24. The molecule has 3 rings (SSSR count). The van der Waals surface area contributed by atoms with Gasteiger partial charge in [0.05, 0.1) is 20.3 Å². The number of benzene rings is 2. The number of methoxy groups -OCH3 is 2. The van der Waals surface area contributed by atoms with E-state index < -0.39 is 12.1 Å². The van der Waals surface area contributed by atoms with Gasteiger partial charge in [-0.1, -0.05) is 42.5 Å². The molecule has 1 aliphatic rings. The molecule has 2 aromatic rings. The fourth-order valence-electron chi connectivity index (χ4n) is 2.99. The summed E-state index contributed by atoms with van der Waals surface area (Å²) in [6.45, 7) is 2.82. The number of ether oxygens (including phenoxy) is 4. The molecular weight excluding hydrogens is 378 g/mol. The molecule has 0 unspecified atom stereocenters. The molecule has 0 saturated carbocycles. The third kappa shape index (κ3) is 4.67. The maximum Gasteiger partial charge on any atom is 0.345 e. The summed E-state index contributed by atoms with van der Waals surface area (Å²) in [6.07, 6.45) is -0.819. The maximum atomic E-state index is 12.6. The average Bonchev–Trinajstić information content (AvgIpc) is 2.75. The van der Waals surface area contributed by atoms with Crippen molar-refractivity contribution in [3.63, 3.8) is 0 Å². The molecule has 2 aromatic carbocycles. The Hall–Kier alpha value is -2.48. The predicted octanol–water partition coefficient (Wildman–Crippen LogP) is 3.00. The monoisotopic (exact) mass is 401 g/mol. The average molecular weight is 401 g/mol. The number of rotatable bonds is 6. The summed E-state index contributed by atoms with van der Waals surface area (Å²) in [6, 6.07) is 14.5. The summed E-state index contributed by atoms with van der Waals surface area (Å²) in [5.41, 5.74) is 1.55. The lowest BCUT2D eigenvalue weighted by molar-refractivity contribution is -0.146. The van der Waals surface area contributed by atoms with Gasteiger partial charge in [0.15, 0.2) is 17.6 Å². The first-order chi connectivity index (χ1) is 13.6. The molecule has 28 heavy (non-hydrogen) atoms. The molecule has 1 saturated heterocycles. The van der Waals surface area contributed by atoms with Crippen LogP contribution in [-0.2, 0) is 14.3 Å². The number of thiocarbonyl (C=S) groups is 1. The van der Waals surface area contributed by atoms with Crippen LogP contribution in [0.4, 0.5) is 0 Å². The first-order valence-corrected chi connectivity index (χ1v) is 9.39. The molecule has 1 heterocycles. The Bertz CT molecular complexity index is 821. The van der Waals surface area contributed by atoms with Gasteiger partial charge in [0.25, 0.3) is 0 Å². The molecule has 0 aromatic heterocycles. The van der Waals surface area contributed by atoms with Gasteiger partial charge >= 0.3 is 5.97 Å². The molecule has 6 nitrogen and oxygen atoms in total. The van der Waals surface area contributed by atoms with Crippen molar-refractivity contribution in [2.75, 3.05) is 40.5 Å². The summed E-state index contributed by atoms with van der Waals surface area (Å²) in [5.74, 6) is 0.235. The lowest BCUT2D eigenvalue weighted by Crippen LogP contribution is -2.40. The summed E-state index contributed by atoms with van der Waals surface area (Å²) in [5, 5.41) is 0. The standard InChI is InChI=1S/C21H23NO5S/c1-24-18-14-16(20(28)22-10-12-26-13-11-22)8-9-17(18)27-21(23)19(25-2)15-6-4-3-5-7-15/h3-9,14,19H,10-13H2,1-2H3/t19-/m1/s1. The Morgan fingerprint density at radius 2 is 1.79 bits per heavy atom. The van der Waals surface area contributed by atoms with E-state index in [4.69, 9.17) is 31.2 Å². The largest absolute Gasteiger partial charge is 0.493 e. The summed E-state index contributed by atoms with van der Waals surface area (Å²) < 4.78 is 21.7. The Kier molecular flexibility index (Phi) is 6.97. The second-order valence-corrected chi connectivity index (χ2v) is 6.60. The van der Waals surface area contributed by atoms with E-state index in [1.165, 1.54) is 14.2 Å². The molecule has 1 atom stereocenters. The molecule has 1 aliphatic heterocycles. The van der Waals surface area contributed by atoms with Crippen LogP contribution >= 0.6 is 12.2 Å². The number of nitrogens with zero attached hydrogens (tertiary/aromatic N) is 1. The van der Waals surface area contributed by atoms with E-state index in [1.54, 1.807) is 12.1 Å². The van der Waals surface area contributed by atoms with E-state index in [2.05, 4.69) is 4.90 Å². The van der Waals surface area contributed by atoms with Gasteiger partial charge in [0, 0.05) is 25.8 Å². The molecule has 7 heteroatoms. The highest BCUT2D eigenvalue weighted by atomic mass is 32.1. The summed E-state index contributed by atoms with van der Waals surface area (Å²) in [4.78, 5) is 15.4. The zero-order valence-corrected chi connectivity index (χ0v) is 16.7. The van der Waals surface area contributed by atoms with Crippen LogP contribution in [0.5, 0.6) is 11.5 Å². The predicted molar refractivity (Wildman–Crippen MR) is 109 cm³/mol. The lowest BCUT2D eigenvalue weighted by atomic mass is 10.1. The van der Waals surface area contributed by atoms with Crippen LogP contribution in [0.15, 0.2) is 48.5 Å². The fourth-order valence-corrected chi connectivity index (χ4v) is 3.30. The quantitative estimate of drug-likeness (QED) is 0.419. The molecule has 0 bridgehead atoms. The van der Waals surface area contributed by atoms with Crippen LogP contribution in [0, 0.1) is 0 Å². The first-order valence-electron chi connectivity index (χ1n) is 8.98. The van der Waals surface area contributed by atoms with Crippen molar-refractivity contribution in [1.29, 1.82) is 0 Å². The van der Waals surface area contributed by atoms with Gasteiger partial charge in [0.2, 0.25) is 0 Å². The van der Waals surface area contributed by atoms with Gasteiger partial charge in [-0.2, -0.15) is 0 Å². The fraction of sp³-hybridized carbons (Fsp3) is 0.333. The normalized spacial score (nSPS) is 15.0. The Morgan fingerprint density at radius 1 is 1.07 bits per heavy atom. The van der Waals surface area contributed by atoms with Crippen molar-refractivity contribution >= 4 is 23.2 Å². The van der Waals surface area contributed by atoms with E-state index in [0.717, 1.165) is 29.2 Å². The summed E-state index contributed by atoms with van der Waals surface area (Å²) in [7, 11) is 3.00. The van der Waals surface area contributed by atoms with Gasteiger partial charge in [0.1, 0.15) is 4.99 Å². The van der Waals surface area contributed by atoms with E-state index >= 15 is 0 Å². The third-order valence-corrected chi connectivity index (χ3v) is 4.97. The van der Waals surface area contributed by atoms with Crippen molar-refractivity contribution in [1.82, 2.24) is 4.90 Å². The number of carbonyl (C=O) groups excluding carboxylic acids is 1. The zero-order chi connectivity index (χ0) is 19.9. The molecule has 0 radical (unpaired) electrons. The van der Waals surface area contributed by atoms with Gasteiger partial charge in [-0.25, -0.2) is 4.79 Å². The van der Waals surface area contributed by atoms with E-state index in [0.29, 0.717) is 24.7 Å². The second kappa shape index (κ2) is 9.64. The maximum absolute atomic E-state index is 12.6. The zero-order valence-electron chi connectivity index (χ0n) is 15.9. The van der Waals surface area contributed by atoms with E-state index in [-0.39, 0.29) is 0 Å². The Morgan fingerprint density at radius 3 is 2.43 bits per heavy atom. The lowest BCUT2D eigenvalue weighted by Gasteiger charge is -2.29. The van der Waals surface area contributed by atoms with E-state index in [1.807, 2.05) is 36.4 Å². The van der Waals surface area contributed by atoms with Crippen molar-refractivity contribution < 1.29 is 23.7 Å². The molecule has 0 amide bonds. The Balaban J connectivity index is 1.76. The number of morpholine rings is 1. The van der Waals surface area contributed by atoms with Crippen molar-refractivity contribution in [2.45, 2.75) is 6.10 Å². The minimum atomic E-state index is -0.819. The first kappa shape index (κ1) is 20.3. The molecule has 0 aliphatic carbocycles. The number of hydrogen-bond acceptors (Lipinski definition) is 6. The summed E-state index contributed by atoms with van der Waals surface area (Å²) >= 11 is 5.59. The minimum Gasteiger partial charge on any atom is -0.493 e. The van der Waals surface area contributed by atoms with Crippen LogP contribution in [0.25, 0.3) is 0 Å². The highest BCUT2D eigenvalue weighted by Crippen LogP contribution is 2.31. The van der Waals surface area contributed by atoms with Crippen LogP contribution < -0.4 is 9.47 Å². The topological polar surface area (TPSA) is 57.2 Å². The molecule has 0 N–H and O–H groups in total. The SMILES string of the molecule is COc1cc(C(=S)N2CCOCC2)ccc1OC(=O)[C@H](OC)c1ccccc1. The Labute approximate surface area is 170 Å². The van der Waals surface area contributed by atoms with Gasteiger partial charge in [-0.3, -0.25) is 0 Å². The van der Waals surface area contributed by atoms with Gasteiger partial charge < -0.3 is 23.8 Å². The van der Waals surface area contributed by atoms with Crippen molar-refractivity contribution in [3.05, 3.63) is 59.7 Å². The number of hydrogen-bond donors (Lipinski definition) is 0. The molecule has 1 fully saturated rings. The van der Waals surface area contributed by atoms with Crippen LogP contribution in [-0.4, -0.2) is 56.4 Å². The van der Waals surface area contributed by atoms with E-state index in [9.17, 15) is 4.79 Å². The van der Waals surface area contributed by atoms with Crippen molar-refractivity contribution in [2.24, 2.45) is 0 Å². The highest BCUT2D eigenvalue weighted by molar-refractivity contribution is 7.80. The number of carbonyl (C=O) groups is 1. The number of esters is 1. The molecule has 0 spiro atoms. The smallest absolute Gasteiger partial charge is 0.345 e.